The lowest BCUT2D eigenvalue weighted by atomic mass is 10.4. The summed E-state index contributed by atoms with van der Waals surface area (Å²) in [5, 5.41) is 6.62. The minimum atomic E-state index is 0.650. The summed E-state index contributed by atoms with van der Waals surface area (Å²) in [5.41, 5.74) is 0. The Hall–Kier alpha value is -1.24. The second-order valence-electron chi connectivity index (χ2n) is 4.90. The quantitative estimate of drug-likeness (QED) is 0.265. The van der Waals surface area contributed by atoms with Crippen molar-refractivity contribution in [2.75, 3.05) is 52.8 Å². The molecule has 0 amide bonds. The Morgan fingerprint density at radius 3 is 2.48 bits per heavy atom. The van der Waals surface area contributed by atoms with Crippen molar-refractivity contribution in [1.29, 1.82) is 0 Å². The summed E-state index contributed by atoms with van der Waals surface area (Å²) in [6, 6.07) is 10.5. The Balaban J connectivity index is 1.97. The summed E-state index contributed by atoms with van der Waals surface area (Å²) < 4.78 is 10.3. The van der Waals surface area contributed by atoms with Gasteiger partial charge < -0.3 is 20.1 Å². The van der Waals surface area contributed by atoms with Gasteiger partial charge in [0.2, 0.25) is 0 Å². The third-order valence-corrected chi connectivity index (χ3v) is 4.14. The highest BCUT2D eigenvalue weighted by atomic mass is 32.2. The second-order valence-corrected chi connectivity index (χ2v) is 6.07. The molecule has 0 aromatic heterocycles. The van der Waals surface area contributed by atoms with Gasteiger partial charge in [-0.2, -0.15) is 0 Å². The maximum atomic E-state index is 5.42. The van der Waals surface area contributed by atoms with Crippen molar-refractivity contribution in [2.24, 2.45) is 4.99 Å². The summed E-state index contributed by atoms with van der Waals surface area (Å²) >= 11 is 1.88. The number of ether oxygens (including phenoxy) is 2. The van der Waals surface area contributed by atoms with E-state index in [9.17, 15) is 0 Å². The highest BCUT2D eigenvalue weighted by Crippen LogP contribution is 2.17. The van der Waals surface area contributed by atoms with Gasteiger partial charge >= 0.3 is 0 Å². The number of thioether (sulfide) groups is 1. The van der Waals surface area contributed by atoms with Crippen LogP contribution >= 0.6 is 11.8 Å². The molecule has 0 aliphatic carbocycles. The molecule has 2 N–H and O–H groups in total. The third kappa shape index (κ3) is 11.0. The third-order valence-electron chi connectivity index (χ3n) is 3.04. The fourth-order valence-electron chi connectivity index (χ4n) is 1.83. The van der Waals surface area contributed by atoms with Gasteiger partial charge in [0.05, 0.1) is 13.2 Å². The summed E-state index contributed by atoms with van der Waals surface area (Å²) in [7, 11) is 3.47. The minimum Gasteiger partial charge on any atom is -0.382 e. The van der Waals surface area contributed by atoms with Crippen LogP contribution in [0.2, 0.25) is 0 Å². The van der Waals surface area contributed by atoms with E-state index in [0.717, 1.165) is 44.3 Å². The van der Waals surface area contributed by atoms with E-state index in [1.807, 2.05) is 17.8 Å². The molecular formula is C17H29N3O2S. The van der Waals surface area contributed by atoms with Gasteiger partial charge in [0, 0.05) is 38.7 Å². The lowest BCUT2D eigenvalue weighted by Crippen LogP contribution is -2.38. The van der Waals surface area contributed by atoms with Crippen LogP contribution in [-0.4, -0.2) is 58.8 Å². The number of aliphatic imine (C=N–C) groups is 1. The maximum absolute atomic E-state index is 5.42. The maximum Gasteiger partial charge on any atom is 0.190 e. The van der Waals surface area contributed by atoms with Crippen molar-refractivity contribution < 1.29 is 9.47 Å². The van der Waals surface area contributed by atoms with Crippen LogP contribution < -0.4 is 10.6 Å². The number of nitrogens with zero attached hydrogens (tertiary/aromatic N) is 1. The van der Waals surface area contributed by atoms with Gasteiger partial charge in [0.15, 0.2) is 5.96 Å². The zero-order valence-electron chi connectivity index (χ0n) is 14.2. The Morgan fingerprint density at radius 2 is 1.78 bits per heavy atom. The standard InChI is InChI=1S/C17H29N3O2S/c1-18-17(19-10-6-12-22-14-13-21-2)20-11-7-15-23-16-8-4-3-5-9-16/h3-5,8-9H,6-7,10-15H2,1-2H3,(H2,18,19,20). The van der Waals surface area contributed by atoms with Crippen LogP contribution in [0.4, 0.5) is 0 Å². The molecule has 0 saturated heterocycles. The number of methoxy groups -OCH3 is 1. The molecule has 1 aromatic rings. The van der Waals surface area contributed by atoms with E-state index in [2.05, 4.69) is 39.9 Å². The Kier molecular flexibility index (Phi) is 12.4. The summed E-state index contributed by atoms with van der Waals surface area (Å²) in [6.07, 6.45) is 2.05. The van der Waals surface area contributed by atoms with Gasteiger partial charge in [0.1, 0.15) is 0 Å². The summed E-state index contributed by atoms with van der Waals surface area (Å²) in [5.74, 6) is 1.95. The highest BCUT2D eigenvalue weighted by molar-refractivity contribution is 7.99. The topological polar surface area (TPSA) is 54.9 Å². The van der Waals surface area contributed by atoms with Crippen molar-refractivity contribution in [3.8, 4) is 0 Å². The smallest absolute Gasteiger partial charge is 0.190 e. The predicted octanol–water partition coefficient (Wildman–Crippen LogP) is 2.39. The Morgan fingerprint density at radius 1 is 1.04 bits per heavy atom. The van der Waals surface area contributed by atoms with Crippen LogP contribution in [0.3, 0.4) is 0 Å². The number of rotatable bonds is 12. The summed E-state index contributed by atoms with van der Waals surface area (Å²) in [4.78, 5) is 5.54. The normalized spacial score (nSPS) is 11.5. The number of hydrogen-bond donors (Lipinski definition) is 2. The van der Waals surface area contributed by atoms with E-state index in [0.29, 0.717) is 13.2 Å². The van der Waals surface area contributed by atoms with E-state index in [1.54, 1.807) is 14.2 Å². The largest absolute Gasteiger partial charge is 0.382 e. The second kappa shape index (κ2) is 14.4. The molecule has 5 nitrogen and oxygen atoms in total. The predicted molar refractivity (Wildman–Crippen MR) is 98.5 cm³/mol. The Bertz CT molecular complexity index is 416. The molecule has 1 rings (SSSR count). The SMILES string of the molecule is CN=C(NCCCOCCOC)NCCCSc1ccccc1. The molecule has 0 fully saturated rings. The molecular weight excluding hydrogens is 310 g/mol. The Labute approximate surface area is 144 Å². The van der Waals surface area contributed by atoms with Gasteiger partial charge in [-0.05, 0) is 30.7 Å². The van der Waals surface area contributed by atoms with E-state index >= 15 is 0 Å². The summed E-state index contributed by atoms with van der Waals surface area (Å²) in [6.45, 7) is 3.82. The first kappa shape index (κ1) is 19.8. The molecule has 0 atom stereocenters. The van der Waals surface area contributed by atoms with Crippen LogP contribution in [0.25, 0.3) is 0 Å². The molecule has 1 aromatic carbocycles. The van der Waals surface area contributed by atoms with Gasteiger partial charge in [-0.3, -0.25) is 4.99 Å². The van der Waals surface area contributed by atoms with Crippen LogP contribution in [0.1, 0.15) is 12.8 Å². The van der Waals surface area contributed by atoms with E-state index in [-0.39, 0.29) is 0 Å². The van der Waals surface area contributed by atoms with E-state index < -0.39 is 0 Å². The van der Waals surface area contributed by atoms with Crippen molar-refractivity contribution in [1.82, 2.24) is 10.6 Å². The van der Waals surface area contributed by atoms with Crippen molar-refractivity contribution >= 4 is 17.7 Å². The first-order valence-electron chi connectivity index (χ1n) is 8.06. The zero-order valence-corrected chi connectivity index (χ0v) is 15.0. The molecule has 0 bridgehead atoms. The van der Waals surface area contributed by atoms with Crippen LogP contribution in [0.15, 0.2) is 40.2 Å². The minimum absolute atomic E-state index is 0.650. The van der Waals surface area contributed by atoms with Crippen molar-refractivity contribution in [3.63, 3.8) is 0 Å². The molecule has 6 heteroatoms. The van der Waals surface area contributed by atoms with Crippen LogP contribution in [0.5, 0.6) is 0 Å². The molecule has 0 radical (unpaired) electrons. The van der Waals surface area contributed by atoms with E-state index in [1.165, 1.54) is 4.90 Å². The average Bonchev–Trinajstić information content (AvgIpc) is 2.59. The lowest BCUT2D eigenvalue weighted by Gasteiger charge is -2.11. The average molecular weight is 340 g/mol. The van der Waals surface area contributed by atoms with Crippen LogP contribution in [0, 0.1) is 0 Å². The zero-order chi connectivity index (χ0) is 16.6. The van der Waals surface area contributed by atoms with Crippen LogP contribution in [-0.2, 0) is 9.47 Å². The molecule has 0 aliphatic heterocycles. The first-order chi connectivity index (χ1) is 11.4. The number of guanidine groups is 1. The monoisotopic (exact) mass is 339 g/mol. The fourth-order valence-corrected chi connectivity index (χ4v) is 2.71. The fraction of sp³-hybridized carbons (Fsp3) is 0.588. The van der Waals surface area contributed by atoms with Crippen molar-refractivity contribution in [2.45, 2.75) is 17.7 Å². The number of hydrogen-bond acceptors (Lipinski definition) is 4. The van der Waals surface area contributed by atoms with Gasteiger partial charge in [-0.1, -0.05) is 18.2 Å². The molecule has 0 spiro atoms. The van der Waals surface area contributed by atoms with Gasteiger partial charge in [-0.25, -0.2) is 0 Å². The lowest BCUT2D eigenvalue weighted by molar-refractivity contribution is 0.0698. The molecule has 0 saturated carbocycles. The van der Waals surface area contributed by atoms with Gasteiger partial charge in [-0.15, -0.1) is 11.8 Å². The van der Waals surface area contributed by atoms with E-state index in [4.69, 9.17) is 9.47 Å². The number of benzene rings is 1. The molecule has 23 heavy (non-hydrogen) atoms. The number of nitrogens with one attached hydrogen (secondary N) is 2. The molecule has 130 valence electrons. The molecule has 0 unspecified atom stereocenters. The molecule has 0 heterocycles. The van der Waals surface area contributed by atoms with Gasteiger partial charge in [0.25, 0.3) is 0 Å². The highest BCUT2D eigenvalue weighted by Gasteiger charge is 1.97. The van der Waals surface area contributed by atoms with Crippen molar-refractivity contribution in [3.05, 3.63) is 30.3 Å². The molecule has 0 aliphatic rings. The first-order valence-corrected chi connectivity index (χ1v) is 9.04.